The summed E-state index contributed by atoms with van der Waals surface area (Å²) in [5, 5.41) is 2.96. The minimum Gasteiger partial charge on any atom is -0.369 e. The fourth-order valence-electron chi connectivity index (χ4n) is 1.61. The molecular formula is C14H21NO2. The molecule has 0 saturated carbocycles. The number of carbonyl (C=O) groups is 1. The first-order valence-corrected chi connectivity index (χ1v) is 5.80. The molecule has 17 heavy (non-hydrogen) atoms. The molecule has 0 saturated heterocycles. The van der Waals surface area contributed by atoms with E-state index in [4.69, 9.17) is 4.74 Å². The van der Waals surface area contributed by atoms with E-state index in [0.29, 0.717) is 0 Å². The van der Waals surface area contributed by atoms with Crippen molar-refractivity contribution in [3.63, 3.8) is 0 Å². The highest BCUT2D eigenvalue weighted by Crippen LogP contribution is 2.18. The van der Waals surface area contributed by atoms with Gasteiger partial charge in [-0.1, -0.05) is 24.3 Å². The number of hydrogen-bond acceptors (Lipinski definition) is 2. The Bertz CT molecular complexity index is 399. The summed E-state index contributed by atoms with van der Waals surface area (Å²) in [6.45, 7) is 7.53. The third-order valence-electron chi connectivity index (χ3n) is 3.06. The van der Waals surface area contributed by atoms with Crippen LogP contribution in [0.15, 0.2) is 24.3 Å². The van der Waals surface area contributed by atoms with Crippen LogP contribution in [0.4, 0.5) is 0 Å². The topological polar surface area (TPSA) is 38.3 Å². The normalized spacial score (nSPS) is 13.2. The average Bonchev–Trinajstić information content (AvgIpc) is 2.29. The Labute approximate surface area is 103 Å². The highest BCUT2D eigenvalue weighted by Gasteiger charge is 2.28. The van der Waals surface area contributed by atoms with Gasteiger partial charge in [-0.3, -0.25) is 4.79 Å². The van der Waals surface area contributed by atoms with Gasteiger partial charge in [0.2, 0.25) is 0 Å². The van der Waals surface area contributed by atoms with Crippen molar-refractivity contribution in [2.45, 2.75) is 39.3 Å². The first kappa shape index (κ1) is 13.7. The molecule has 0 aromatic heterocycles. The summed E-state index contributed by atoms with van der Waals surface area (Å²) in [5.74, 6) is -0.101. The van der Waals surface area contributed by atoms with E-state index in [1.54, 1.807) is 13.8 Å². The number of methoxy groups -OCH3 is 1. The Kier molecular flexibility index (Phi) is 4.29. The summed E-state index contributed by atoms with van der Waals surface area (Å²) in [5.41, 5.74) is 1.51. The van der Waals surface area contributed by atoms with Gasteiger partial charge in [0.25, 0.3) is 5.91 Å². The molecule has 0 aliphatic rings. The van der Waals surface area contributed by atoms with Crippen LogP contribution in [-0.4, -0.2) is 18.6 Å². The molecule has 3 nitrogen and oxygen atoms in total. The van der Waals surface area contributed by atoms with E-state index < -0.39 is 5.60 Å². The van der Waals surface area contributed by atoms with Gasteiger partial charge in [0, 0.05) is 7.11 Å². The molecule has 0 heterocycles. The third-order valence-corrected chi connectivity index (χ3v) is 3.06. The monoisotopic (exact) mass is 235 g/mol. The van der Waals surface area contributed by atoms with Gasteiger partial charge in [0.15, 0.2) is 0 Å². The Morgan fingerprint density at radius 3 is 2.47 bits per heavy atom. The van der Waals surface area contributed by atoms with E-state index in [-0.39, 0.29) is 11.9 Å². The SMILES string of the molecule is COC(C)(C)C(=O)N[C@@H](C)c1ccccc1C. The molecule has 0 aliphatic carbocycles. The van der Waals surface area contributed by atoms with E-state index in [0.717, 1.165) is 5.56 Å². The van der Waals surface area contributed by atoms with Crippen LogP contribution in [-0.2, 0) is 9.53 Å². The number of benzene rings is 1. The Morgan fingerprint density at radius 1 is 1.35 bits per heavy atom. The lowest BCUT2D eigenvalue weighted by Gasteiger charge is -2.25. The van der Waals surface area contributed by atoms with Crippen LogP contribution >= 0.6 is 0 Å². The zero-order chi connectivity index (χ0) is 13.1. The zero-order valence-corrected chi connectivity index (χ0v) is 11.2. The van der Waals surface area contributed by atoms with Crippen LogP contribution in [0.3, 0.4) is 0 Å². The first-order chi connectivity index (χ1) is 7.88. The predicted octanol–water partition coefficient (Wildman–Crippen LogP) is 2.60. The summed E-state index contributed by atoms with van der Waals surface area (Å²) in [4.78, 5) is 12.0. The quantitative estimate of drug-likeness (QED) is 0.871. The van der Waals surface area contributed by atoms with E-state index in [1.807, 2.05) is 38.1 Å². The van der Waals surface area contributed by atoms with E-state index in [9.17, 15) is 4.79 Å². The van der Waals surface area contributed by atoms with Crippen molar-refractivity contribution < 1.29 is 9.53 Å². The number of ether oxygens (including phenoxy) is 1. The average molecular weight is 235 g/mol. The lowest BCUT2D eigenvalue weighted by Crippen LogP contribution is -2.44. The van der Waals surface area contributed by atoms with Crippen LogP contribution in [0.5, 0.6) is 0 Å². The number of nitrogens with one attached hydrogen (secondary N) is 1. The van der Waals surface area contributed by atoms with Crippen molar-refractivity contribution in [3.05, 3.63) is 35.4 Å². The van der Waals surface area contributed by atoms with Gasteiger partial charge in [-0.05, 0) is 38.8 Å². The molecule has 1 atom stereocenters. The highest BCUT2D eigenvalue weighted by molar-refractivity contribution is 5.84. The number of aryl methyl sites for hydroxylation is 1. The Hall–Kier alpha value is -1.35. The molecule has 94 valence electrons. The minimum atomic E-state index is -0.795. The molecule has 0 spiro atoms. The van der Waals surface area contributed by atoms with Crippen molar-refractivity contribution in [2.24, 2.45) is 0 Å². The van der Waals surface area contributed by atoms with Crippen molar-refractivity contribution >= 4 is 5.91 Å². The number of hydrogen-bond donors (Lipinski definition) is 1. The third kappa shape index (κ3) is 3.30. The van der Waals surface area contributed by atoms with Crippen molar-refractivity contribution in [2.75, 3.05) is 7.11 Å². The molecule has 1 aromatic carbocycles. The molecule has 1 N–H and O–H groups in total. The zero-order valence-electron chi connectivity index (χ0n) is 11.2. The lowest BCUT2D eigenvalue weighted by atomic mass is 10.0. The second-order valence-electron chi connectivity index (χ2n) is 4.77. The summed E-state index contributed by atoms with van der Waals surface area (Å²) in [6.07, 6.45) is 0. The fraction of sp³-hybridized carbons (Fsp3) is 0.500. The second-order valence-corrected chi connectivity index (χ2v) is 4.77. The van der Waals surface area contributed by atoms with Crippen LogP contribution in [0.2, 0.25) is 0 Å². The molecule has 0 radical (unpaired) electrons. The van der Waals surface area contributed by atoms with Crippen molar-refractivity contribution in [1.29, 1.82) is 0 Å². The van der Waals surface area contributed by atoms with Crippen LogP contribution < -0.4 is 5.32 Å². The molecule has 0 bridgehead atoms. The smallest absolute Gasteiger partial charge is 0.252 e. The van der Waals surface area contributed by atoms with Gasteiger partial charge < -0.3 is 10.1 Å². The number of carbonyl (C=O) groups excluding carboxylic acids is 1. The van der Waals surface area contributed by atoms with E-state index in [2.05, 4.69) is 5.32 Å². The summed E-state index contributed by atoms with van der Waals surface area (Å²) >= 11 is 0. The Balaban J connectivity index is 2.77. The van der Waals surface area contributed by atoms with Gasteiger partial charge in [-0.2, -0.15) is 0 Å². The van der Waals surface area contributed by atoms with Gasteiger partial charge in [0.05, 0.1) is 6.04 Å². The maximum absolute atomic E-state index is 12.0. The predicted molar refractivity (Wildman–Crippen MR) is 68.8 cm³/mol. The summed E-state index contributed by atoms with van der Waals surface area (Å²) in [7, 11) is 1.54. The summed E-state index contributed by atoms with van der Waals surface area (Å²) < 4.78 is 5.15. The van der Waals surface area contributed by atoms with Crippen LogP contribution in [0.1, 0.15) is 37.9 Å². The van der Waals surface area contributed by atoms with Crippen molar-refractivity contribution in [1.82, 2.24) is 5.32 Å². The highest BCUT2D eigenvalue weighted by atomic mass is 16.5. The van der Waals surface area contributed by atoms with Gasteiger partial charge in [-0.25, -0.2) is 0 Å². The molecule has 1 aromatic rings. The molecule has 0 unspecified atom stereocenters. The molecule has 0 fully saturated rings. The van der Waals surface area contributed by atoms with Crippen molar-refractivity contribution in [3.8, 4) is 0 Å². The largest absolute Gasteiger partial charge is 0.369 e. The molecule has 0 aliphatic heterocycles. The molecular weight excluding hydrogens is 214 g/mol. The van der Waals surface area contributed by atoms with Gasteiger partial charge >= 0.3 is 0 Å². The lowest BCUT2D eigenvalue weighted by molar-refractivity contribution is -0.140. The van der Waals surface area contributed by atoms with Gasteiger partial charge in [-0.15, -0.1) is 0 Å². The standard InChI is InChI=1S/C14H21NO2/c1-10-8-6-7-9-12(10)11(2)15-13(16)14(3,4)17-5/h6-9,11H,1-5H3,(H,15,16)/t11-/m0/s1. The first-order valence-electron chi connectivity index (χ1n) is 5.80. The van der Waals surface area contributed by atoms with E-state index in [1.165, 1.54) is 12.7 Å². The number of amides is 1. The van der Waals surface area contributed by atoms with E-state index >= 15 is 0 Å². The number of rotatable bonds is 4. The minimum absolute atomic E-state index is 0.0156. The maximum atomic E-state index is 12.0. The second kappa shape index (κ2) is 5.32. The maximum Gasteiger partial charge on any atom is 0.252 e. The molecule has 3 heteroatoms. The van der Waals surface area contributed by atoms with Crippen LogP contribution in [0, 0.1) is 6.92 Å². The molecule has 1 rings (SSSR count). The summed E-state index contributed by atoms with van der Waals surface area (Å²) in [6, 6.07) is 8.02. The fourth-order valence-corrected chi connectivity index (χ4v) is 1.61. The van der Waals surface area contributed by atoms with Gasteiger partial charge in [0.1, 0.15) is 5.60 Å². The Morgan fingerprint density at radius 2 is 1.94 bits per heavy atom. The van der Waals surface area contributed by atoms with Crippen LogP contribution in [0.25, 0.3) is 0 Å². The molecule has 1 amide bonds.